The van der Waals surface area contributed by atoms with E-state index in [2.05, 4.69) is 20.7 Å². The van der Waals surface area contributed by atoms with Crippen LogP contribution in [0.5, 0.6) is 0 Å². The number of anilines is 1. The predicted molar refractivity (Wildman–Crippen MR) is 63.4 cm³/mol. The Morgan fingerprint density at radius 3 is 2.73 bits per heavy atom. The molecule has 0 amide bonds. The summed E-state index contributed by atoms with van der Waals surface area (Å²) in [4.78, 5) is 0. The van der Waals surface area contributed by atoms with Gasteiger partial charge in [-0.2, -0.15) is 0 Å². The molecule has 1 aromatic carbocycles. The Morgan fingerprint density at radius 1 is 1.47 bits per heavy atom. The first kappa shape index (κ1) is 12.5. The molecule has 0 unspecified atom stereocenters. The Hall–Kier alpha value is -0.590. The van der Waals surface area contributed by atoms with E-state index < -0.39 is 10.0 Å². The van der Waals surface area contributed by atoms with Gasteiger partial charge in [0.25, 0.3) is 0 Å². The van der Waals surface area contributed by atoms with Gasteiger partial charge in [-0.25, -0.2) is 8.42 Å². The second kappa shape index (κ2) is 4.96. The molecule has 0 aliphatic rings. The number of aryl methyl sites for hydroxylation is 1. The fourth-order valence-electron chi connectivity index (χ4n) is 1.04. The summed E-state index contributed by atoms with van der Waals surface area (Å²) in [6, 6.07) is 5.32. The molecule has 1 aromatic rings. The smallest absolute Gasteiger partial charge is 0.234 e. The van der Waals surface area contributed by atoms with Crippen LogP contribution in [0.2, 0.25) is 0 Å². The first-order valence-corrected chi connectivity index (χ1v) is 6.76. The lowest BCUT2D eigenvalue weighted by Gasteiger charge is -2.09. The summed E-state index contributed by atoms with van der Waals surface area (Å²) >= 11 is 3.26. The Bertz CT molecular complexity index is 445. The lowest BCUT2D eigenvalue weighted by atomic mass is 10.2. The van der Waals surface area contributed by atoms with Gasteiger partial charge in [0, 0.05) is 4.47 Å². The van der Waals surface area contributed by atoms with Gasteiger partial charge in [0.05, 0.1) is 18.0 Å². The molecule has 84 valence electrons. The molecule has 0 aliphatic heterocycles. The van der Waals surface area contributed by atoms with Gasteiger partial charge in [0.2, 0.25) is 10.0 Å². The van der Waals surface area contributed by atoms with Gasteiger partial charge in [-0.05, 0) is 24.6 Å². The number of aliphatic hydroxyl groups is 1. The fraction of sp³-hybridized carbons (Fsp3) is 0.333. The molecule has 0 aromatic heterocycles. The van der Waals surface area contributed by atoms with E-state index in [4.69, 9.17) is 5.11 Å². The minimum Gasteiger partial charge on any atom is -0.395 e. The number of halogens is 1. The molecule has 15 heavy (non-hydrogen) atoms. The number of aliphatic hydroxyl groups excluding tert-OH is 1. The topological polar surface area (TPSA) is 66.4 Å². The van der Waals surface area contributed by atoms with Crippen molar-refractivity contribution in [2.24, 2.45) is 0 Å². The number of hydrogen-bond donors (Lipinski definition) is 2. The van der Waals surface area contributed by atoms with E-state index in [-0.39, 0.29) is 12.4 Å². The highest BCUT2D eigenvalue weighted by atomic mass is 79.9. The molecule has 0 fully saturated rings. The van der Waals surface area contributed by atoms with Crippen LogP contribution in [-0.2, 0) is 10.0 Å². The van der Waals surface area contributed by atoms with E-state index in [9.17, 15) is 8.42 Å². The molecule has 1 rings (SSSR count). The van der Waals surface area contributed by atoms with Gasteiger partial charge >= 0.3 is 0 Å². The molecule has 0 saturated heterocycles. The minimum atomic E-state index is -3.44. The highest BCUT2D eigenvalue weighted by molar-refractivity contribution is 9.10. The van der Waals surface area contributed by atoms with Crippen molar-refractivity contribution < 1.29 is 13.5 Å². The van der Waals surface area contributed by atoms with Crippen LogP contribution in [0.25, 0.3) is 0 Å². The zero-order valence-electron chi connectivity index (χ0n) is 8.20. The van der Waals surface area contributed by atoms with Crippen molar-refractivity contribution in [3.63, 3.8) is 0 Å². The Balaban J connectivity index is 2.94. The van der Waals surface area contributed by atoms with Gasteiger partial charge in [0.15, 0.2) is 0 Å². The standard InChI is InChI=1S/C9H12BrNO3S/c1-7-2-3-8(10)6-9(7)11-15(13,14)5-4-12/h2-3,6,11-12H,4-5H2,1H3. The van der Waals surface area contributed by atoms with Crippen LogP contribution < -0.4 is 4.72 Å². The van der Waals surface area contributed by atoms with Gasteiger partial charge < -0.3 is 5.11 Å². The van der Waals surface area contributed by atoms with Gasteiger partial charge in [-0.15, -0.1) is 0 Å². The molecule has 0 saturated carbocycles. The SMILES string of the molecule is Cc1ccc(Br)cc1NS(=O)(=O)CCO. The maximum atomic E-state index is 11.4. The van der Waals surface area contributed by atoms with E-state index in [1.54, 1.807) is 12.1 Å². The van der Waals surface area contributed by atoms with Gasteiger partial charge in [0.1, 0.15) is 0 Å². The van der Waals surface area contributed by atoms with Gasteiger partial charge in [-0.3, -0.25) is 4.72 Å². The average molecular weight is 294 g/mol. The summed E-state index contributed by atoms with van der Waals surface area (Å²) in [5, 5.41) is 8.58. The Labute approximate surface area is 97.5 Å². The summed E-state index contributed by atoms with van der Waals surface area (Å²) < 4.78 is 26.0. The number of sulfonamides is 1. The fourth-order valence-corrected chi connectivity index (χ4v) is 2.30. The zero-order valence-corrected chi connectivity index (χ0v) is 10.6. The number of benzene rings is 1. The van der Waals surface area contributed by atoms with Crippen molar-refractivity contribution in [3.05, 3.63) is 28.2 Å². The Kier molecular flexibility index (Phi) is 4.12. The monoisotopic (exact) mass is 293 g/mol. The summed E-state index contributed by atoms with van der Waals surface area (Å²) in [6.07, 6.45) is 0. The van der Waals surface area contributed by atoms with E-state index in [0.717, 1.165) is 10.0 Å². The molecule has 0 atom stereocenters. The lowest BCUT2D eigenvalue weighted by Crippen LogP contribution is -2.19. The van der Waals surface area contributed by atoms with Crippen molar-refractivity contribution in [1.82, 2.24) is 0 Å². The number of hydrogen-bond acceptors (Lipinski definition) is 3. The number of nitrogens with one attached hydrogen (secondary N) is 1. The first-order chi connectivity index (χ1) is 6.94. The van der Waals surface area contributed by atoms with Crippen LogP contribution >= 0.6 is 15.9 Å². The van der Waals surface area contributed by atoms with E-state index in [1.807, 2.05) is 13.0 Å². The highest BCUT2D eigenvalue weighted by Crippen LogP contribution is 2.21. The second-order valence-corrected chi connectivity index (χ2v) is 5.86. The predicted octanol–water partition coefficient (Wildman–Crippen LogP) is 1.49. The Morgan fingerprint density at radius 2 is 2.13 bits per heavy atom. The van der Waals surface area contributed by atoms with Crippen molar-refractivity contribution >= 4 is 31.6 Å². The molecule has 0 radical (unpaired) electrons. The van der Waals surface area contributed by atoms with Crippen LogP contribution in [0.4, 0.5) is 5.69 Å². The molecule has 6 heteroatoms. The molecule has 0 bridgehead atoms. The molecule has 2 N–H and O–H groups in total. The van der Waals surface area contributed by atoms with Crippen molar-refractivity contribution in [3.8, 4) is 0 Å². The van der Waals surface area contributed by atoms with E-state index >= 15 is 0 Å². The molecular formula is C9H12BrNO3S. The lowest BCUT2D eigenvalue weighted by molar-refractivity contribution is 0.320. The van der Waals surface area contributed by atoms with Crippen LogP contribution in [0, 0.1) is 6.92 Å². The third-order valence-corrected chi connectivity index (χ3v) is 3.57. The quantitative estimate of drug-likeness (QED) is 0.884. The normalized spacial score (nSPS) is 11.4. The second-order valence-electron chi connectivity index (χ2n) is 3.10. The van der Waals surface area contributed by atoms with Crippen molar-refractivity contribution in [2.75, 3.05) is 17.1 Å². The van der Waals surface area contributed by atoms with Crippen LogP contribution in [0.3, 0.4) is 0 Å². The van der Waals surface area contributed by atoms with Crippen LogP contribution in [0.1, 0.15) is 5.56 Å². The molecule has 4 nitrogen and oxygen atoms in total. The third kappa shape index (κ3) is 3.81. The van der Waals surface area contributed by atoms with Crippen LogP contribution in [0.15, 0.2) is 22.7 Å². The third-order valence-electron chi connectivity index (χ3n) is 1.83. The first-order valence-electron chi connectivity index (χ1n) is 4.32. The highest BCUT2D eigenvalue weighted by Gasteiger charge is 2.10. The molecule has 0 spiro atoms. The zero-order chi connectivity index (χ0) is 11.5. The summed E-state index contributed by atoms with van der Waals surface area (Å²) in [5.41, 5.74) is 1.36. The van der Waals surface area contributed by atoms with Crippen LogP contribution in [-0.4, -0.2) is 25.9 Å². The van der Waals surface area contributed by atoms with Crippen molar-refractivity contribution in [1.29, 1.82) is 0 Å². The molecular weight excluding hydrogens is 282 g/mol. The minimum absolute atomic E-state index is 0.293. The van der Waals surface area contributed by atoms with Gasteiger partial charge in [-0.1, -0.05) is 22.0 Å². The van der Waals surface area contributed by atoms with E-state index in [0.29, 0.717) is 5.69 Å². The maximum Gasteiger partial charge on any atom is 0.234 e. The summed E-state index contributed by atoms with van der Waals surface area (Å²) in [7, 11) is -3.44. The average Bonchev–Trinajstić information content (AvgIpc) is 2.10. The molecule has 0 heterocycles. The van der Waals surface area contributed by atoms with E-state index in [1.165, 1.54) is 0 Å². The largest absolute Gasteiger partial charge is 0.395 e. The van der Waals surface area contributed by atoms with Crippen molar-refractivity contribution in [2.45, 2.75) is 6.92 Å². The maximum absolute atomic E-state index is 11.4. The molecule has 0 aliphatic carbocycles. The number of rotatable bonds is 4. The summed E-state index contributed by atoms with van der Waals surface area (Å²) in [5.74, 6) is -0.293. The summed E-state index contributed by atoms with van der Waals surface area (Å²) in [6.45, 7) is 1.42.